The van der Waals surface area contributed by atoms with E-state index < -0.39 is 5.97 Å². The molecule has 0 amide bonds. The zero-order valence-corrected chi connectivity index (χ0v) is 11.9. The molecule has 0 atom stereocenters. The maximum atomic E-state index is 10.5. The average Bonchev–Trinajstić information content (AvgIpc) is 2.38. The summed E-state index contributed by atoms with van der Waals surface area (Å²) in [5.74, 6) is 2.53. The predicted octanol–water partition coefficient (Wildman–Crippen LogP) is 2.96. The molecule has 0 saturated heterocycles. The third-order valence-corrected chi connectivity index (χ3v) is 2.75. The van der Waals surface area contributed by atoms with E-state index in [4.69, 9.17) is 21.0 Å². The molecule has 0 unspecified atom stereocenters. The van der Waals surface area contributed by atoms with Crippen molar-refractivity contribution in [2.45, 2.75) is 6.42 Å². The first kappa shape index (κ1) is 15.1. The van der Waals surface area contributed by atoms with Crippen LogP contribution in [0, 0.1) is 12.3 Å². The number of rotatable bonds is 6. The highest BCUT2D eigenvalue weighted by molar-refractivity contribution is 9.10. The van der Waals surface area contributed by atoms with Gasteiger partial charge in [-0.2, -0.15) is 0 Å². The van der Waals surface area contributed by atoms with Crippen molar-refractivity contribution in [3.63, 3.8) is 0 Å². The maximum absolute atomic E-state index is 10.5. The van der Waals surface area contributed by atoms with Gasteiger partial charge < -0.3 is 14.6 Å². The summed E-state index contributed by atoms with van der Waals surface area (Å²) >= 11 is 3.36. The molecule has 0 aromatic heterocycles. The number of carbonyl (C=O) groups is 1. The first-order valence-corrected chi connectivity index (χ1v) is 6.22. The quantitative estimate of drug-likeness (QED) is 0.496. The Balaban J connectivity index is 3.01. The van der Waals surface area contributed by atoms with Gasteiger partial charge in [-0.3, -0.25) is 0 Å². The topological polar surface area (TPSA) is 55.8 Å². The van der Waals surface area contributed by atoms with E-state index in [9.17, 15) is 4.79 Å². The van der Waals surface area contributed by atoms with Gasteiger partial charge in [0.15, 0.2) is 11.5 Å². The van der Waals surface area contributed by atoms with Crippen molar-refractivity contribution in [2.24, 2.45) is 0 Å². The zero-order chi connectivity index (χ0) is 14.3. The number of hydrogen-bond donors (Lipinski definition) is 1. The van der Waals surface area contributed by atoms with E-state index in [-0.39, 0.29) is 0 Å². The monoisotopic (exact) mass is 324 g/mol. The number of terminal acetylenes is 1. The molecule has 19 heavy (non-hydrogen) atoms. The van der Waals surface area contributed by atoms with Gasteiger partial charge in [-0.05, 0) is 39.7 Å². The van der Waals surface area contributed by atoms with Crippen molar-refractivity contribution in [3.05, 3.63) is 28.2 Å². The second-order valence-electron chi connectivity index (χ2n) is 3.51. The van der Waals surface area contributed by atoms with Crippen LogP contribution in [0.25, 0.3) is 6.08 Å². The molecule has 0 saturated carbocycles. The Morgan fingerprint density at radius 2 is 2.32 bits per heavy atom. The van der Waals surface area contributed by atoms with Gasteiger partial charge in [-0.25, -0.2) is 4.79 Å². The Morgan fingerprint density at radius 1 is 1.58 bits per heavy atom. The molecule has 1 aromatic rings. The Bertz CT molecular complexity index is 529. The lowest BCUT2D eigenvalue weighted by Crippen LogP contribution is -1.99. The predicted molar refractivity (Wildman–Crippen MR) is 76.3 cm³/mol. The van der Waals surface area contributed by atoms with Crippen LogP contribution in [0.1, 0.15) is 12.0 Å². The first-order chi connectivity index (χ1) is 9.08. The van der Waals surface area contributed by atoms with E-state index in [2.05, 4.69) is 21.9 Å². The molecule has 5 heteroatoms. The smallest absolute Gasteiger partial charge is 0.328 e. The lowest BCUT2D eigenvalue weighted by atomic mass is 10.2. The maximum Gasteiger partial charge on any atom is 0.328 e. The van der Waals surface area contributed by atoms with Gasteiger partial charge >= 0.3 is 5.97 Å². The van der Waals surface area contributed by atoms with Gasteiger partial charge in [0.05, 0.1) is 18.2 Å². The first-order valence-electron chi connectivity index (χ1n) is 5.43. The molecular weight excluding hydrogens is 312 g/mol. The van der Waals surface area contributed by atoms with Crippen LogP contribution < -0.4 is 9.47 Å². The van der Waals surface area contributed by atoms with Gasteiger partial charge in [-0.1, -0.05) is 0 Å². The molecule has 0 radical (unpaired) electrons. The van der Waals surface area contributed by atoms with Gasteiger partial charge in [-0.15, -0.1) is 12.3 Å². The second-order valence-corrected chi connectivity index (χ2v) is 4.36. The number of carboxylic acids is 1. The molecule has 1 N–H and O–H groups in total. The lowest BCUT2D eigenvalue weighted by Gasteiger charge is -2.12. The van der Waals surface area contributed by atoms with E-state index in [1.54, 1.807) is 12.1 Å². The van der Waals surface area contributed by atoms with Gasteiger partial charge in [0.2, 0.25) is 0 Å². The average molecular weight is 325 g/mol. The Kier molecular flexibility index (Phi) is 5.97. The summed E-state index contributed by atoms with van der Waals surface area (Å²) in [5.41, 5.74) is 0.690. The minimum Gasteiger partial charge on any atom is -0.493 e. The Morgan fingerprint density at radius 3 is 2.89 bits per heavy atom. The third-order valence-electron chi connectivity index (χ3n) is 2.16. The van der Waals surface area contributed by atoms with Crippen LogP contribution in [-0.4, -0.2) is 24.8 Å². The van der Waals surface area contributed by atoms with Gasteiger partial charge in [0.1, 0.15) is 0 Å². The van der Waals surface area contributed by atoms with E-state index in [0.29, 0.717) is 34.6 Å². The fourth-order valence-electron chi connectivity index (χ4n) is 1.36. The third kappa shape index (κ3) is 4.68. The van der Waals surface area contributed by atoms with E-state index in [1.165, 1.54) is 13.2 Å². The fraction of sp³-hybridized carbons (Fsp3) is 0.214. The van der Waals surface area contributed by atoms with Crippen LogP contribution in [0.5, 0.6) is 11.5 Å². The highest BCUT2D eigenvalue weighted by Gasteiger charge is 2.10. The number of benzene rings is 1. The molecule has 0 aliphatic rings. The van der Waals surface area contributed by atoms with Crippen LogP contribution in [0.4, 0.5) is 0 Å². The number of carboxylic acid groups (broad SMARTS) is 1. The fourth-order valence-corrected chi connectivity index (χ4v) is 1.93. The van der Waals surface area contributed by atoms with Crippen LogP contribution in [0.15, 0.2) is 22.7 Å². The van der Waals surface area contributed by atoms with Crippen LogP contribution in [0.2, 0.25) is 0 Å². The summed E-state index contributed by atoms with van der Waals surface area (Å²) < 4.78 is 11.4. The molecule has 0 bridgehead atoms. The molecule has 0 heterocycles. The second kappa shape index (κ2) is 7.49. The molecule has 0 spiro atoms. The van der Waals surface area contributed by atoms with Crippen molar-refractivity contribution in [3.8, 4) is 23.8 Å². The molecule has 0 aliphatic heterocycles. The number of halogens is 1. The minimum absolute atomic E-state index is 0.385. The molecule has 100 valence electrons. The number of aliphatic carboxylic acids is 1. The highest BCUT2D eigenvalue weighted by Crippen LogP contribution is 2.37. The van der Waals surface area contributed by atoms with Crippen molar-refractivity contribution >= 4 is 28.0 Å². The summed E-state index contributed by atoms with van der Waals surface area (Å²) in [6.07, 6.45) is 8.18. The van der Waals surface area contributed by atoms with Crippen molar-refractivity contribution in [2.75, 3.05) is 13.7 Å². The standard InChI is InChI=1S/C14H13BrO4/c1-3-4-7-19-14-11(15)8-10(5-6-13(16)17)9-12(14)18-2/h1,5-6,8-9H,4,7H2,2H3,(H,16,17)/b6-5+. The van der Waals surface area contributed by atoms with E-state index in [1.807, 2.05) is 0 Å². The largest absolute Gasteiger partial charge is 0.493 e. The van der Waals surface area contributed by atoms with E-state index in [0.717, 1.165) is 6.08 Å². The Hall–Kier alpha value is -1.93. The summed E-state index contributed by atoms with van der Waals surface area (Å²) in [5, 5.41) is 8.60. The molecule has 4 nitrogen and oxygen atoms in total. The highest BCUT2D eigenvalue weighted by atomic mass is 79.9. The van der Waals surface area contributed by atoms with E-state index >= 15 is 0 Å². The molecular formula is C14H13BrO4. The molecule has 1 rings (SSSR count). The number of hydrogen-bond acceptors (Lipinski definition) is 3. The normalized spacial score (nSPS) is 10.2. The lowest BCUT2D eigenvalue weighted by molar-refractivity contribution is -0.131. The van der Waals surface area contributed by atoms with Crippen molar-refractivity contribution in [1.29, 1.82) is 0 Å². The zero-order valence-electron chi connectivity index (χ0n) is 10.4. The van der Waals surface area contributed by atoms with Crippen molar-refractivity contribution < 1.29 is 19.4 Å². The molecule has 1 aromatic carbocycles. The molecule has 0 aliphatic carbocycles. The summed E-state index contributed by atoms with van der Waals surface area (Å²) in [7, 11) is 1.51. The molecule has 0 fully saturated rings. The minimum atomic E-state index is -1.01. The SMILES string of the molecule is C#CCCOc1c(Br)cc(/C=C/C(=O)O)cc1OC. The summed E-state index contributed by atoms with van der Waals surface area (Å²) in [4.78, 5) is 10.5. The van der Waals surface area contributed by atoms with Gasteiger partial charge in [0.25, 0.3) is 0 Å². The number of ether oxygens (including phenoxy) is 2. The summed E-state index contributed by atoms with van der Waals surface area (Å²) in [6, 6.07) is 3.43. The summed E-state index contributed by atoms with van der Waals surface area (Å²) in [6.45, 7) is 0.385. The van der Waals surface area contributed by atoms with Crippen molar-refractivity contribution in [1.82, 2.24) is 0 Å². The number of methoxy groups -OCH3 is 1. The van der Waals surface area contributed by atoms with Gasteiger partial charge in [0, 0.05) is 12.5 Å². The van der Waals surface area contributed by atoms with Crippen LogP contribution >= 0.6 is 15.9 Å². The van der Waals surface area contributed by atoms with Crippen LogP contribution in [0.3, 0.4) is 0 Å². The van der Waals surface area contributed by atoms with Crippen LogP contribution in [-0.2, 0) is 4.79 Å². The Labute approximate surface area is 120 Å².